The Hall–Kier alpha value is -5.08. The first-order chi connectivity index (χ1) is 20.5. The van der Waals surface area contributed by atoms with Crippen molar-refractivity contribution in [3.8, 4) is 44.5 Å². The molecule has 2 heterocycles. The Kier molecular flexibility index (Phi) is 6.40. The molecule has 0 unspecified atom stereocenters. The summed E-state index contributed by atoms with van der Waals surface area (Å²) in [5.41, 5.74) is 14.5. The summed E-state index contributed by atoms with van der Waals surface area (Å²) in [5, 5.41) is 4.85. The number of aromatic nitrogens is 2. The maximum Gasteiger partial charge on any atom is 0.0347 e. The van der Waals surface area contributed by atoms with E-state index in [-0.39, 0.29) is 0 Å². The highest BCUT2D eigenvalue weighted by Gasteiger charge is 2.18. The number of fused-ring (bicyclic) bond motifs is 2. The fraction of sp³-hybridized carbons (Fsp3) is 0.100. The second-order valence-corrected chi connectivity index (χ2v) is 11.3. The Morgan fingerprint density at radius 2 is 0.619 bits per heavy atom. The fourth-order valence-electron chi connectivity index (χ4n) is 6.72. The molecule has 0 radical (unpaired) electrons. The van der Waals surface area contributed by atoms with Gasteiger partial charge >= 0.3 is 0 Å². The van der Waals surface area contributed by atoms with Crippen LogP contribution < -0.4 is 0 Å². The van der Waals surface area contributed by atoms with Crippen LogP contribution in [-0.4, -0.2) is 9.97 Å². The highest BCUT2D eigenvalue weighted by atomic mass is 14.6. The molecule has 0 atom stereocenters. The van der Waals surface area contributed by atoms with Crippen LogP contribution >= 0.6 is 0 Å². The van der Waals surface area contributed by atoms with Crippen LogP contribution in [0.3, 0.4) is 0 Å². The lowest BCUT2D eigenvalue weighted by Crippen LogP contribution is -1.94. The standard InChI is InChI=1S/C40H32N2/c1-25-11-9-12-26(2)37(25)29-19-31(23-41-21-29)39-33-15-5-7-17-35(33)40(36-18-8-6-16-34(36)39)32-20-30(22-42-24-32)38-27(3)13-10-14-28(38)4/h5-24H,1-4H3. The topological polar surface area (TPSA) is 25.8 Å². The van der Waals surface area contributed by atoms with Crippen LogP contribution in [0.5, 0.6) is 0 Å². The highest BCUT2D eigenvalue weighted by Crippen LogP contribution is 2.44. The van der Waals surface area contributed by atoms with Gasteiger partial charge in [-0.2, -0.15) is 0 Å². The van der Waals surface area contributed by atoms with Gasteiger partial charge in [-0.15, -0.1) is 0 Å². The molecule has 0 N–H and O–H groups in total. The molecule has 0 amide bonds. The molecule has 7 rings (SSSR count). The van der Waals surface area contributed by atoms with Gasteiger partial charge in [-0.3, -0.25) is 9.97 Å². The van der Waals surface area contributed by atoms with Crippen LogP contribution in [0.2, 0.25) is 0 Å². The average Bonchev–Trinajstić information content (AvgIpc) is 3.00. The minimum atomic E-state index is 1.12. The summed E-state index contributed by atoms with van der Waals surface area (Å²) in [5.74, 6) is 0. The molecular weight excluding hydrogens is 508 g/mol. The minimum absolute atomic E-state index is 1.12. The van der Waals surface area contributed by atoms with Crippen molar-refractivity contribution < 1.29 is 0 Å². The summed E-state index contributed by atoms with van der Waals surface area (Å²) < 4.78 is 0. The molecule has 2 nitrogen and oxygen atoms in total. The van der Waals surface area contributed by atoms with Gasteiger partial charge in [0.05, 0.1) is 0 Å². The van der Waals surface area contributed by atoms with Gasteiger partial charge in [0.15, 0.2) is 0 Å². The van der Waals surface area contributed by atoms with Crippen molar-refractivity contribution in [2.75, 3.05) is 0 Å². The Morgan fingerprint density at radius 3 is 0.929 bits per heavy atom. The van der Waals surface area contributed by atoms with Gasteiger partial charge in [0, 0.05) is 47.0 Å². The van der Waals surface area contributed by atoms with Crippen LogP contribution in [0.1, 0.15) is 22.3 Å². The summed E-state index contributed by atoms with van der Waals surface area (Å²) >= 11 is 0. The summed E-state index contributed by atoms with van der Waals surface area (Å²) in [7, 11) is 0. The van der Waals surface area contributed by atoms with Crippen molar-refractivity contribution >= 4 is 21.5 Å². The van der Waals surface area contributed by atoms with E-state index in [0.29, 0.717) is 0 Å². The van der Waals surface area contributed by atoms with Crippen molar-refractivity contribution in [3.63, 3.8) is 0 Å². The van der Waals surface area contributed by atoms with Crippen molar-refractivity contribution in [1.82, 2.24) is 9.97 Å². The smallest absolute Gasteiger partial charge is 0.0347 e. The van der Waals surface area contributed by atoms with E-state index in [1.165, 1.54) is 66.1 Å². The van der Waals surface area contributed by atoms with E-state index in [9.17, 15) is 0 Å². The molecule has 0 saturated heterocycles. The third kappa shape index (κ3) is 4.28. The molecule has 0 spiro atoms. The minimum Gasteiger partial charge on any atom is -0.263 e. The summed E-state index contributed by atoms with van der Waals surface area (Å²) in [6.07, 6.45) is 7.99. The molecule has 0 saturated carbocycles. The van der Waals surface area contributed by atoms with Crippen molar-refractivity contribution in [2.24, 2.45) is 0 Å². The van der Waals surface area contributed by atoms with Crippen LogP contribution in [0.4, 0.5) is 0 Å². The highest BCUT2D eigenvalue weighted by molar-refractivity contribution is 6.21. The first kappa shape index (κ1) is 25.9. The normalized spacial score (nSPS) is 11.3. The molecule has 0 bridgehead atoms. The van der Waals surface area contributed by atoms with Crippen molar-refractivity contribution in [1.29, 1.82) is 0 Å². The van der Waals surface area contributed by atoms with Crippen LogP contribution in [-0.2, 0) is 0 Å². The average molecular weight is 541 g/mol. The van der Waals surface area contributed by atoms with E-state index >= 15 is 0 Å². The molecule has 0 aliphatic heterocycles. The van der Waals surface area contributed by atoms with Crippen LogP contribution in [0.15, 0.2) is 122 Å². The third-order valence-corrected chi connectivity index (χ3v) is 8.52. The Balaban J connectivity index is 1.51. The first-order valence-corrected chi connectivity index (χ1v) is 14.5. The van der Waals surface area contributed by atoms with E-state index < -0.39 is 0 Å². The quantitative estimate of drug-likeness (QED) is 0.208. The number of pyridine rings is 2. The van der Waals surface area contributed by atoms with Gasteiger partial charge in [-0.25, -0.2) is 0 Å². The monoisotopic (exact) mass is 540 g/mol. The van der Waals surface area contributed by atoms with Gasteiger partial charge in [0.1, 0.15) is 0 Å². The van der Waals surface area contributed by atoms with Gasteiger partial charge < -0.3 is 0 Å². The summed E-state index contributed by atoms with van der Waals surface area (Å²) in [4.78, 5) is 9.53. The lowest BCUT2D eigenvalue weighted by molar-refractivity contribution is 1.30. The lowest BCUT2D eigenvalue weighted by Gasteiger charge is -2.19. The molecule has 7 aromatic rings. The van der Waals surface area contributed by atoms with Crippen molar-refractivity contribution in [2.45, 2.75) is 27.7 Å². The van der Waals surface area contributed by atoms with E-state index in [4.69, 9.17) is 9.97 Å². The maximum absolute atomic E-state index is 4.77. The molecule has 202 valence electrons. The lowest BCUT2D eigenvalue weighted by atomic mass is 9.85. The SMILES string of the molecule is Cc1cccc(C)c1-c1cncc(-c2c3ccccc3c(-c3cncc(-c4c(C)cccc4C)c3)c3ccccc23)c1. The zero-order valence-electron chi connectivity index (χ0n) is 24.4. The van der Waals surface area contributed by atoms with Crippen LogP contribution in [0, 0.1) is 27.7 Å². The first-order valence-electron chi connectivity index (χ1n) is 14.5. The number of nitrogens with zero attached hydrogens (tertiary/aromatic N) is 2. The third-order valence-electron chi connectivity index (χ3n) is 8.52. The molecule has 2 aromatic heterocycles. The zero-order valence-corrected chi connectivity index (χ0v) is 24.4. The second kappa shape index (κ2) is 10.4. The zero-order chi connectivity index (χ0) is 28.8. The molecule has 0 aliphatic carbocycles. The number of hydrogen-bond donors (Lipinski definition) is 0. The molecule has 0 fully saturated rings. The Labute approximate surface area is 247 Å². The molecule has 5 aromatic carbocycles. The number of rotatable bonds is 4. The molecular formula is C40H32N2. The van der Waals surface area contributed by atoms with Gasteiger partial charge in [-0.05, 0) is 106 Å². The van der Waals surface area contributed by atoms with Crippen molar-refractivity contribution in [3.05, 3.63) is 144 Å². The number of aryl methyl sites for hydroxylation is 4. The molecule has 42 heavy (non-hydrogen) atoms. The predicted molar refractivity (Wildman–Crippen MR) is 178 cm³/mol. The maximum atomic E-state index is 4.77. The predicted octanol–water partition coefficient (Wildman–Crippen LogP) is 10.7. The Morgan fingerprint density at radius 1 is 0.333 bits per heavy atom. The number of hydrogen-bond acceptors (Lipinski definition) is 2. The van der Waals surface area contributed by atoms with E-state index in [0.717, 1.165) is 22.3 Å². The van der Waals surface area contributed by atoms with Gasteiger partial charge in [0.2, 0.25) is 0 Å². The second-order valence-electron chi connectivity index (χ2n) is 11.3. The fourth-order valence-corrected chi connectivity index (χ4v) is 6.72. The van der Waals surface area contributed by atoms with E-state index in [1.807, 2.05) is 24.8 Å². The van der Waals surface area contributed by atoms with E-state index in [2.05, 4.69) is 125 Å². The summed E-state index contributed by atoms with van der Waals surface area (Å²) in [6.45, 7) is 8.70. The Bertz CT molecular complexity index is 1890. The number of benzene rings is 5. The largest absolute Gasteiger partial charge is 0.263 e. The molecule has 2 heteroatoms. The molecule has 0 aliphatic rings. The van der Waals surface area contributed by atoms with Crippen LogP contribution in [0.25, 0.3) is 66.1 Å². The van der Waals surface area contributed by atoms with Gasteiger partial charge in [-0.1, -0.05) is 84.9 Å². The summed E-state index contributed by atoms with van der Waals surface area (Å²) in [6, 6.07) is 35.1. The van der Waals surface area contributed by atoms with E-state index in [1.54, 1.807) is 0 Å². The van der Waals surface area contributed by atoms with Gasteiger partial charge in [0.25, 0.3) is 0 Å².